The van der Waals surface area contributed by atoms with Crippen LogP contribution in [0.25, 0.3) is 0 Å². The summed E-state index contributed by atoms with van der Waals surface area (Å²) in [5.74, 6) is -1.31. The van der Waals surface area contributed by atoms with Crippen LogP contribution in [0.2, 0.25) is 0 Å². The van der Waals surface area contributed by atoms with E-state index in [2.05, 4.69) is 5.32 Å². The highest BCUT2D eigenvalue weighted by Gasteiger charge is 2.37. The molecule has 1 saturated carbocycles. The van der Waals surface area contributed by atoms with Gasteiger partial charge in [0.25, 0.3) is 5.91 Å². The lowest BCUT2D eigenvalue weighted by Gasteiger charge is -2.13. The van der Waals surface area contributed by atoms with Crippen LogP contribution in [0.15, 0.2) is 24.3 Å². The van der Waals surface area contributed by atoms with Crippen molar-refractivity contribution in [1.29, 1.82) is 0 Å². The number of phenols is 1. The Balaban J connectivity index is 2.04. The molecule has 0 aliphatic heterocycles. The normalized spacial score (nSPS) is 16.2. The van der Waals surface area contributed by atoms with Gasteiger partial charge in [-0.15, -0.1) is 0 Å². The van der Waals surface area contributed by atoms with Crippen molar-refractivity contribution in [3.05, 3.63) is 29.8 Å². The first kappa shape index (κ1) is 11.4. The van der Waals surface area contributed by atoms with Gasteiger partial charge in [-0.2, -0.15) is 0 Å². The van der Waals surface area contributed by atoms with E-state index < -0.39 is 17.9 Å². The lowest BCUT2D eigenvalue weighted by Crippen LogP contribution is -2.42. The lowest BCUT2D eigenvalue weighted by atomic mass is 10.1. The van der Waals surface area contributed by atoms with Gasteiger partial charge in [0.2, 0.25) is 0 Å². The number of hydrogen-bond acceptors (Lipinski definition) is 3. The quantitative estimate of drug-likeness (QED) is 0.726. The fraction of sp³-hybridized carbons (Fsp3) is 0.333. The highest BCUT2D eigenvalue weighted by molar-refractivity contribution is 5.96. The van der Waals surface area contributed by atoms with Crippen molar-refractivity contribution in [2.75, 3.05) is 0 Å². The van der Waals surface area contributed by atoms with E-state index in [9.17, 15) is 9.59 Å². The third kappa shape index (κ3) is 2.75. The summed E-state index contributed by atoms with van der Waals surface area (Å²) < 4.78 is 0. The standard InChI is InChI=1S/C12H13NO4/c14-9-5-3-8(4-6-9)11(15)13-10(12(16)17)7-1-2-7/h3-7,10,14H,1-2H2,(H,13,15)(H,16,17). The molecule has 0 heterocycles. The van der Waals surface area contributed by atoms with E-state index in [0.717, 1.165) is 12.8 Å². The molecule has 5 nitrogen and oxygen atoms in total. The number of benzene rings is 1. The van der Waals surface area contributed by atoms with Gasteiger partial charge in [0.1, 0.15) is 11.8 Å². The van der Waals surface area contributed by atoms with Gasteiger partial charge in [-0.3, -0.25) is 4.79 Å². The van der Waals surface area contributed by atoms with Gasteiger partial charge in [-0.1, -0.05) is 0 Å². The number of amides is 1. The summed E-state index contributed by atoms with van der Waals surface area (Å²) in [7, 11) is 0. The molecule has 2 rings (SSSR count). The van der Waals surface area contributed by atoms with E-state index in [1.54, 1.807) is 0 Å². The first-order valence-corrected chi connectivity index (χ1v) is 5.40. The molecule has 1 aromatic rings. The average Bonchev–Trinajstić information content (AvgIpc) is 3.10. The number of carboxylic acid groups (broad SMARTS) is 1. The molecule has 5 heteroatoms. The van der Waals surface area contributed by atoms with Crippen molar-refractivity contribution in [2.24, 2.45) is 5.92 Å². The number of nitrogens with one attached hydrogen (secondary N) is 1. The second-order valence-electron chi connectivity index (χ2n) is 4.17. The number of aromatic hydroxyl groups is 1. The maximum Gasteiger partial charge on any atom is 0.326 e. The minimum Gasteiger partial charge on any atom is -0.508 e. The smallest absolute Gasteiger partial charge is 0.326 e. The van der Waals surface area contributed by atoms with Gasteiger partial charge in [-0.25, -0.2) is 4.79 Å². The number of carbonyl (C=O) groups is 2. The van der Waals surface area contributed by atoms with Crippen molar-refractivity contribution < 1.29 is 19.8 Å². The van der Waals surface area contributed by atoms with Gasteiger partial charge >= 0.3 is 5.97 Å². The molecule has 17 heavy (non-hydrogen) atoms. The zero-order valence-electron chi connectivity index (χ0n) is 9.09. The molecule has 0 bridgehead atoms. The van der Waals surface area contributed by atoms with E-state index in [4.69, 9.17) is 10.2 Å². The van der Waals surface area contributed by atoms with Crippen molar-refractivity contribution in [3.63, 3.8) is 0 Å². The van der Waals surface area contributed by atoms with Gasteiger partial charge < -0.3 is 15.5 Å². The average molecular weight is 235 g/mol. The van der Waals surface area contributed by atoms with Gasteiger partial charge in [0.05, 0.1) is 0 Å². The molecule has 1 fully saturated rings. The molecule has 1 aliphatic rings. The van der Waals surface area contributed by atoms with Crippen molar-refractivity contribution in [3.8, 4) is 5.75 Å². The molecule has 0 saturated heterocycles. The number of carbonyl (C=O) groups excluding carboxylic acids is 1. The second-order valence-corrected chi connectivity index (χ2v) is 4.17. The maximum atomic E-state index is 11.7. The Kier molecular flexibility index (Phi) is 2.99. The first-order valence-electron chi connectivity index (χ1n) is 5.40. The maximum absolute atomic E-state index is 11.7. The molecule has 0 radical (unpaired) electrons. The third-order valence-electron chi connectivity index (χ3n) is 2.78. The zero-order valence-corrected chi connectivity index (χ0v) is 9.09. The molecular weight excluding hydrogens is 222 g/mol. The molecule has 3 N–H and O–H groups in total. The van der Waals surface area contributed by atoms with Crippen LogP contribution in [0.3, 0.4) is 0 Å². The predicted molar refractivity (Wildman–Crippen MR) is 59.7 cm³/mol. The summed E-state index contributed by atoms with van der Waals surface area (Å²) in [6, 6.07) is 4.88. The van der Waals surface area contributed by atoms with Crippen molar-refractivity contribution >= 4 is 11.9 Å². The van der Waals surface area contributed by atoms with Crippen molar-refractivity contribution in [1.82, 2.24) is 5.32 Å². The second kappa shape index (κ2) is 4.45. The largest absolute Gasteiger partial charge is 0.508 e. The molecule has 1 atom stereocenters. The highest BCUT2D eigenvalue weighted by Crippen LogP contribution is 2.32. The Morgan fingerprint density at radius 3 is 2.29 bits per heavy atom. The SMILES string of the molecule is O=C(NC(C(=O)O)C1CC1)c1ccc(O)cc1. The van der Waals surface area contributed by atoms with Crippen LogP contribution in [0.1, 0.15) is 23.2 Å². The molecule has 1 aliphatic carbocycles. The van der Waals surface area contributed by atoms with Crippen LogP contribution in [0.5, 0.6) is 5.75 Å². The summed E-state index contributed by atoms with van der Waals surface area (Å²) >= 11 is 0. The molecule has 1 aromatic carbocycles. The van der Waals surface area contributed by atoms with E-state index in [-0.39, 0.29) is 11.7 Å². The summed E-state index contributed by atoms with van der Waals surface area (Å²) in [6.45, 7) is 0. The molecular formula is C12H13NO4. The Morgan fingerprint density at radius 2 is 1.82 bits per heavy atom. The number of hydrogen-bond donors (Lipinski definition) is 3. The Morgan fingerprint density at radius 1 is 1.24 bits per heavy atom. The molecule has 1 amide bonds. The van der Waals surface area contributed by atoms with Crippen LogP contribution >= 0.6 is 0 Å². The minimum absolute atomic E-state index is 0.0496. The topological polar surface area (TPSA) is 86.6 Å². The summed E-state index contributed by atoms with van der Waals surface area (Å²) in [4.78, 5) is 22.7. The van der Waals surface area contributed by atoms with Crippen LogP contribution < -0.4 is 5.32 Å². The summed E-state index contributed by atoms with van der Waals surface area (Å²) in [5, 5.41) is 20.5. The predicted octanol–water partition coefficient (Wildman–Crippen LogP) is 0.985. The van der Waals surface area contributed by atoms with Crippen LogP contribution in [0.4, 0.5) is 0 Å². The molecule has 90 valence electrons. The van der Waals surface area contributed by atoms with E-state index in [1.807, 2.05) is 0 Å². The zero-order chi connectivity index (χ0) is 12.4. The molecule has 0 spiro atoms. The monoisotopic (exact) mass is 235 g/mol. The Hall–Kier alpha value is -2.04. The van der Waals surface area contributed by atoms with E-state index >= 15 is 0 Å². The lowest BCUT2D eigenvalue weighted by molar-refractivity contribution is -0.139. The van der Waals surface area contributed by atoms with Gasteiger partial charge in [0.15, 0.2) is 0 Å². The van der Waals surface area contributed by atoms with Crippen LogP contribution in [-0.4, -0.2) is 28.1 Å². The summed E-state index contributed by atoms with van der Waals surface area (Å²) in [6.07, 6.45) is 1.68. The first-order chi connectivity index (χ1) is 8.08. The van der Waals surface area contributed by atoms with Crippen molar-refractivity contribution in [2.45, 2.75) is 18.9 Å². The van der Waals surface area contributed by atoms with E-state index in [1.165, 1.54) is 24.3 Å². The fourth-order valence-electron chi connectivity index (χ4n) is 1.65. The summed E-state index contributed by atoms with van der Waals surface area (Å²) in [5.41, 5.74) is 0.342. The molecule has 0 aromatic heterocycles. The highest BCUT2D eigenvalue weighted by atomic mass is 16.4. The Labute approximate surface area is 98.1 Å². The Bertz CT molecular complexity index is 436. The third-order valence-corrected chi connectivity index (χ3v) is 2.78. The van der Waals surface area contributed by atoms with Crippen LogP contribution in [0, 0.1) is 5.92 Å². The number of aliphatic carboxylic acids is 1. The number of phenolic OH excluding ortho intramolecular Hbond substituents is 1. The minimum atomic E-state index is -1.00. The van der Waals surface area contributed by atoms with Gasteiger partial charge in [0, 0.05) is 5.56 Å². The number of rotatable bonds is 4. The molecule has 1 unspecified atom stereocenters. The van der Waals surface area contributed by atoms with Crippen LogP contribution in [-0.2, 0) is 4.79 Å². The fourth-order valence-corrected chi connectivity index (χ4v) is 1.65. The van der Waals surface area contributed by atoms with E-state index in [0.29, 0.717) is 5.56 Å². The van der Waals surface area contributed by atoms with Gasteiger partial charge in [-0.05, 0) is 43.0 Å². The number of carboxylic acids is 1.